The highest BCUT2D eigenvalue weighted by Crippen LogP contribution is 2.36. The highest BCUT2D eigenvalue weighted by molar-refractivity contribution is 7.99. The molecule has 2 aliphatic heterocycles. The van der Waals surface area contributed by atoms with E-state index in [0.29, 0.717) is 0 Å². The Balaban J connectivity index is 2.03. The molecule has 0 radical (unpaired) electrons. The zero-order valence-corrected chi connectivity index (χ0v) is 11.4. The number of hydrogen-bond donors (Lipinski definition) is 0. The zero-order valence-electron chi connectivity index (χ0n) is 9.79. The molecule has 3 rings (SSSR count). The van der Waals surface area contributed by atoms with Crippen LogP contribution in [0.25, 0.3) is 5.70 Å². The topological polar surface area (TPSA) is 3.24 Å². The number of fused-ring (bicyclic) bond motifs is 1. The first-order valence-electron chi connectivity index (χ1n) is 6.22. The third kappa shape index (κ3) is 2.34. The lowest BCUT2D eigenvalue weighted by Crippen LogP contribution is -2.17. The lowest BCUT2D eigenvalue weighted by atomic mass is 10.1. The molecule has 0 atom stereocenters. The van der Waals surface area contributed by atoms with Gasteiger partial charge in [0.25, 0.3) is 0 Å². The van der Waals surface area contributed by atoms with Crippen molar-refractivity contribution in [1.29, 1.82) is 0 Å². The molecule has 0 aromatic heterocycles. The van der Waals surface area contributed by atoms with Crippen LogP contribution in [0.5, 0.6) is 0 Å². The van der Waals surface area contributed by atoms with Crippen LogP contribution in [0.3, 0.4) is 0 Å². The lowest BCUT2D eigenvalue weighted by Gasteiger charge is -2.22. The van der Waals surface area contributed by atoms with Crippen molar-refractivity contribution >= 4 is 29.1 Å². The minimum atomic E-state index is 0.844. The Bertz CT molecular complexity index is 450. The molecule has 0 saturated carbocycles. The fourth-order valence-electron chi connectivity index (χ4n) is 2.56. The summed E-state index contributed by atoms with van der Waals surface area (Å²) < 4.78 is 0. The maximum absolute atomic E-state index is 6.15. The molecule has 2 aliphatic rings. The van der Waals surface area contributed by atoms with Gasteiger partial charge in [-0.2, -0.15) is 0 Å². The second-order valence-corrected chi connectivity index (χ2v) is 6.13. The van der Waals surface area contributed by atoms with Gasteiger partial charge in [-0.1, -0.05) is 17.7 Å². The normalized spacial score (nSPS) is 19.8. The standard InChI is InChI=1S/C14H16ClNS/c15-11-5-6-14-12(10-11)13(4-3-9-17-14)16-7-1-2-8-16/h4-6,10H,1-3,7-9H2. The summed E-state index contributed by atoms with van der Waals surface area (Å²) in [7, 11) is 0. The summed E-state index contributed by atoms with van der Waals surface area (Å²) in [6, 6.07) is 6.29. The smallest absolute Gasteiger partial charge is 0.0413 e. The van der Waals surface area contributed by atoms with E-state index in [9.17, 15) is 0 Å². The van der Waals surface area contributed by atoms with Gasteiger partial charge in [-0.25, -0.2) is 0 Å². The molecule has 1 aromatic rings. The fraction of sp³-hybridized carbons (Fsp3) is 0.429. The molecule has 1 saturated heterocycles. The van der Waals surface area contributed by atoms with Crippen LogP contribution in [0.4, 0.5) is 0 Å². The number of likely N-dealkylation sites (tertiary alicyclic amines) is 1. The Kier molecular flexibility index (Phi) is 3.34. The molecule has 90 valence electrons. The summed E-state index contributed by atoms with van der Waals surface area (Å²) >= 11 is 8.09. The first-order valence-corrected chi connectivity index (χ1v) is 7.59. The molecule has 0 spiro atoms. The van der Waals surface area contributed by atoms with Crippen LogP contribution in [-0.4, -0.2) is 23.7 Å². The summed E-state index contributed by atoms with van der Waals surface area (Å²) in [5.41, 5.74) is 2.74. The van der Waals surface area contributed by atoms with E-state index in [4.69, 9.17) is 11.6 Å². The van der Waals surface area contributed by atoms with Crippen LogP contribution in [0.2, 0.25) is 5.02 Å². The molecule has 0 unspecified atom stereocenters. The Morgan fingerprint density at radius 3 is 2.82 bits per heavy atom. The SMILES string of the molecule is Clc1ccc2c(c1)C(N1CCCC1)=CCCS2. The largest absolute Gasteiger partial charge is 0.371 e. The third-order valence-corrected chi connectivity index (χ3v) is 4.72. The van der Waals surface area contributed by atoms with Crippen molar-refractivity contribution in [1.82, 2.24) is 4.90 Å². The molecular weight excluding hydrogens is 250 g/mol. The van der Waals surface area contributed by atoms with Crippen LogP contribution in [-0.2, 0) is 0 Å². The average Bonchev–Trinajstić information content (AvgIpc) is 2.77. The highest BCUT2D eigenvalue weighted by atomic mass is 35.5. The second kappa shape index (κ2) is 4.95. The number of rotatable bonds is 1. The number of halogens is 1. The van der Waals surface area contributed by atoms with Gasteiger partial charge in [-0.3, -0.25) is 0 Å². The number of allylic oxidation sites excluding steroid dienone is 1. The average molecular weight is 266 g/mol. The van der Waals surface area contributed by atoms with Crippen molar-refractivity contribution in [3.8, 4) is 0 Å². The van der Waals surface area contributed by atoms with Crippen LogP contribution < -0.4 is 0 Å². The van der Waals surface area contributed by atoms with Gasteiger partial charge >= 0.3 is 0 Å². The first-order chi connectivity index (χ1) is 8.34. The maximum atomic E-state index is 6.15. The predicted octanol–water partition coefficient (Wildman–Crippen LogP) is 4.27. The van der Waals surface area contributed by atoms with E-state index in [-0.39, 0.29) is 0 Å². The molecule has 1 fully saturated rings. The summed E-state index contributed by atoms with van der Waals surface area (Å²) in [4.78, 5) is 3.89. The molecule has 0 aliphatic carbocycles. The van der Waals surface area contributed by atoms with Gasteiger partial charge in [0, 0.05) is 40.0 Å². The van der Waals surface area contributed by atoms with Crippen molar-refractivity contribution in [2.75, 3.05) is 18.8 Å². The van der Waals surface area contributed by atoms with E-state index in [1.807, 2.05) is 17.8 Å². The van der Waals surface area contributed by atoms with Crippen molar-refractivity contribution in [2.45, 2.75) is 24.2 Å². The van der Waals surface area contributed by atoms with Gasteiger partial charge < -0.3 is 4.90 Å². The molecule has 0 amide bonds. The van der Waals surface area contributed by atoms with Crippen LogP contribution in [0, 0.1) is 0 Å². The van der Waals surface area contributed by atoms with E-state index in [1.165, 1.54) is 47.8 Å². The second-order valence-electron chi connectivity index (χ2n) is 4.56. The molecular formula is C14H16ClNS. The van der Waals surface area contributed by atoms with Gasteiger partial charge in [0.15, 0.2) is 0 Å². The van der Waals surface area contributed by atoms with Crippen molar-refractivity contribution in [3.05, 3.63) is 34.9 Å². The Hall–Kier alpha value is -0.600. The molecule has 2 heterocycles. The third-order valence-electron chi connectivity index (χ3n) is 3.38. The monoisotopic (exact) mass is 265 g/mol. The molecule has 3 heteroatoms. The highest BCUT2D eigenvalue weighted by Gasteiger charge is 2.20. The number of nitrogens with zero attached hydrogens (tertiary/aromatic N) is 1. The summed E-state index contributed by atoms with van der Waals surface area (Å²) in [6.45, 7) is 2.39. The fourth-order valence-corrected chi connectivity index (χ4v) is 3.67. The van der Waals surface area contributed by atoms with Gasteiger partial charge in [-0.05, 0) is 37.5 Å². The molecule has 17 heavy (non-hydrogen) atoms. The van der Waals surface area contributed by atoms with Crippen LogP contribution in [0.1, 0.15) is 24.8 Å². The van der Waals surface area contributed by atoms with Crippen LogP contribution in [0.15, 0.2) is 29.2 Å². The Morgan fingerprint density at radius 2 is 2.00 bits per heavy atom. The minimum absolute atomic E-state index is 0.844. The summed E-state index contributed by atoms with van der Waals surface area (Å²) in [5, 5.41) is 0.844. The Morgan fingerprint density at radius 1 is 1.18 bits per heavy atom. The molecule has 0 bridgehead atoms. The quantitative estimate of drug-likeness (QED) is 0.746. The van der Waals surface area contributed by atoms with Crippen molar-refractivity contribution in [3.63, 3.8) is 0 Å². The van der Waals surface area contributed by atoms with E-state index < -0.39 is 0 Å². The molecule has 1 nitrogen and oxygen atoms in total. The van der Waals surface area contributed by atoms with Crippen LogP contribution >= 0.6 is 23.4 Å². The van der Waals surface area contributed by atoms with E-state index in [2.05, 4.69) is 23.1 Å². The molecule has 1 aromatic carbocycles. The summed E-state index contributed by atoms with van der Waals surface area (Å²) in [6.07, 6.45) is 6.18. The van der Waals surface area contributed by atoms with E-state index in [1.54, 1.807) is 0 Å². The predicted molar refractivity (Wildman–Crippen MR) is 75.6 cm³/mol. The number of benzene rings is 1. The van der Waals surface area contributed by atoms with Gasteiger partial charge in [0.1, 0.15) is 0 Å². The number of thioether (sulfide) groups is 1. The van der Waals surface area contributed by atoms with Crippen molar-refractivity contribution < 1.29 is 0 Å². The van der Waals surface area contributed by atoms with Gasteiger partial charge in [0.2, 0.25) is 0 Å². The zero-order chi connectivity index (χ0) is 11.7. The van der Waals surface area contributed by atoms with E-state index >= 15 is 0 Å². The lowest BCUT2D eigenvalue weighted by molar-refractivity contribution is 0.491. The molecule has 0 N–H and O–H groups in total. The minimum Gasteiger partial charge on any atom is -0.371 e. The first kappa shape index (κ1) is 11.5. The maximum Gasteiger partial charge on any atom is 0.0413 e. The van der Waals surface area contributed by atoms with Gasteiger partial charge in [-0.15, -0.1) is 11.8 Å². The number of hydrogen-bond acceptors (Lipinski definition) is 2. The summed E-state index contributed by atoms with van der Waals surface area (Å²) in [5.74, 6) is 1.17. The van der Waals surface area contributed by atoms with Gasteiger partial charge in [0.05, 0.1) is 0 Å². The van der Waals surface area contributed by atoms with Crippen molar-refractivity contribution in [2.24, 2.45) is 0 Å². The Labute approximate surface area is 112 Å². The van der Waals surface area contributed by atoms with E-state index in [0.717, 1.165) is 11.4 Å².